The van der Waals surface area contributed by atoms with Crippen LogP contribution < -0.4 is 10.5 Å². The van der Waals surface area contributed by atoms with Gasteiger partial charge in [0.1, 0.15) is 5.75 Å². The van der Waals surface area contributed by atoms with E-state index >= 15 is 0 Å². The summed E-state index contributed by atoms with van der Waals surface area (Å²) >= 11 is 5.69. The molecule has 0 spiro atoms. The van der Waals surface area contributed by atoms with Crippen LogP contribution in [0.25, 0.3) is 0 Å². The highest BCUT2D eigenvalue weighted by atomic mass is 79.9. The first-order valence-corrected chi connectivity index (χ1v) is 8.66. The molecule has 1 heterocycles. The van der Waals surface area contributed by atoms with Crippen molar-refractivity contribution in [1.29, 1.82) is 0 Å². The predicted molar refractivity (Wildman–Crippen MR) is 90.6 cm³/mol. The molecule has 20 heavy (non-hydrogen) atoms. The van der Waals surface area contributed by atoms with E-state index in [4.69, 9.17) is 10.5 Å². The Kier molecular flexibility index (Phi) is 5.40. The zero-order valence-electron chi connectivity index (χ0n) is 12.4. The fourth-order valence-corrected chi connectivity index (χ4v) is 4.34. The lowest BCUT2D eigenvalue weighted by Crippen LogP contribution is -2.46. The number of thioether (sulfide) groups is 1. The Labute approximate surface area is 134 Å². The van der Waals surface area contributed by atoms with Crippen molar-refractivity contribution < 1.29 is 4.74 Å². The first kappa shape index (κ1) is 16.1. The zero-order valence-corrected chi connectivity index (χ0v) is 14.8. The van der Waals surface area contributed by atoms with Crippen molar-refractivity contribution in [3.8, 4) is 5.75 Å². The molecule has 0 amide bonds. The van der Waals surface area contributed by atoms with Crippen LogP contribution in [0.5, 0.6) is 5.75 Å². The summed E-state index contributed by atoms with van der Waals surface area (Å²) in [5, 5.41) is 0. The Morgan fingerprint density at radius 2 is 2.25 bits per heavy atom. The van der Waals surface area contributed by atoms with E-state index in [9.17, 15) is 0 Å². The number of hydrogen-bond donors (Lipinski definition) is 1. The van der Waals surface area contributed by atoms with E-state index in [-0.39, 0.29) is 10.8 Å². The normalized spacial score (nSPS) is 20.6. The van der Waals surface area contributed by atoms with Crippen LogP contribution in [0.3, 0.4) is 0 Å². The Morgan fingerprint density at radius 1 is 1.50 bits per heavy atom. The van der Waals surface area contributed by atoms with Gasteiger partial charge in [0.2, 0.25) is 0 Å². The molecule has 0 aromatic heterocycles. The van der Waals surface area contributed by atoms with Crippen molar-refractivity contribution >= 4 is 27.7 Å². The monoisotopic (exact) mass is 358 g/mol. The lowest BCUT2D eigenvalue weighted by Gasteiger charge is -2.42. The Bertz CT molecular complexity index is 467. The van der Waals surface area contributed by atoms with Crippen molar-refractivity contribution in [2.45, 2.75) is 24.6 Å². The van der Waals surface area contributed by atoms with E-state index in [1.165, 1.54) is 5.56 Å². The van der Waals surface area contributed by atoms with Gasteiger partial charge in [0, 0.05) is 40.6 Å². The second-order valence-corrected chi connectivity index (χ2v) is 8.37. The average molecular weight is 359 g/mol. The maximum atomic E-state index is 6.07. The third-order valence-corrected chi connectivity index (χ3v) is 5.70. The molecule has 1 saturated heterocycles. The SMILES string of the molecule is COc1ccc(Br)c(C(CN)N2CCSC(C)(C)C2)c1. The minimum absolute atomic E-state index is 0.236. The van der Waals surface area contributed by atoms with Crippen molar-refractivity contribution in [1.82, 2.24) is 4.90 Å². The molecule has 3 nitrogen and oxygen atoms in total. The summed E-state index contributed by atoms with van der Waals surface area (Å²) in [4.78, 5) is 2.50. The minimum Gasteiger partial charge on any atom is -0.497 e. The van der Waals surface area contributed by atoms with Gasteiger partial charge in [0.25, 0.3) is 0 Å². The highest BCUT2D eigenvalue weighted by molar-refractivity contribution is 9.10. The third-order valence-electron chi connectivity index (χ3n) is 3.68. The molecule has 1 aromatic carbocycles. The molecule has 1 aromatic rings. The third kappa shape index (κ3) is 3.70. The van der Waals surface area contributed by atoms with E-state index in [2.05, 4.69) is 40.7 Å². The van der Waals surface area contributed by atoms with Crippen molar-refractivity contribution in [2.24, 2.45) is 5.73 Å². The average Bonchev–Trinajstić information content (AvgIpc) is 2.40. The fourth-order valence-electron chi connectivity index (χ4n) is 2.70. The van der Waals surface area contributed by atoms with Gasteiger partial charge in [-0.25, -0.2) is 0 Å². The maximum Gasteiger partial charge on any atom is 0.119 e. The summed E-state index contributed by atoms with van der Waals surface area (Å²) in [6.07, 6.45) is 0. The van der Waals surface area contributed by atoms with Gasteiger partial charge < -0.3 is 10.5 Å². The predicted octanol–water partition coefficient (Wildman–Crippen LogP) is 3.28. The number of halogens is 1. The number of ether oxygens (including phenoxy) is 1. The zero-order chi connectivity index (χ0) is 14.8. The molecule has 0 aliphatic carbocycles. The topological polar surface area (TPSA) is 38.5 Å². The lowest BCUT2D eigenvalue weighted by molar-refractivity contribution is 0.191. The standard InChI is InChI=1S/C15H23BrN2OS/c1-15(2)10-18(6-7-20-15)14(9-17)12-8-11(19-3)4-5-13(12)16/h4-5,8,14H,6-7,9-10,17H2,1-3H3. The van der Waals surface area contributed by atoms with Crippen LogP contribution in [-0.4, -0.2) is 42.1 Å². The number of methoxy groups -OCH3 is 1. The molecule has 1 unspecified atom stereocenters. The first-order chi connectivity index (χ1) is 9.46. The molecule has 0 radical (unpaired) electrons. The maximum absolute atomic E-state index is 6.07. The Hall–Kier alpha value is -0.230. The fraction of sp³-hybridized carbons (Fsp3) is 0.600. The van der Waals surface area contributed by atoms with Crippen molar-refractivity contribution in [3.63, 3.8) is 0 Å². The molecule has 1 atom stereocenters. The molecule has 112 valence electrons. The Balaban J connectivity index is 2.27. The van der Waals surface area contributed by atoms with Crippen LogP contribution >= 0.6 is 27.7 Å². The van der Waals surface area contributed by atoms with E-state index < -0.39 is 0 Å². The van der Waals surface area contributed by atoms with E-state index in [0.717, 1.165) is 29.1 Å². The second kappa shape index (κ2) is 6.69. The molecule has 0 saturated carbocycles. The minimum atomic E-state index is 0.236. The largest absolute Gasteiger partial charge is 0.497 e. The van der Waals surface area contributed by atoms with Gasteiger partial charge in [0.05, 0.1) is 7.11 Å². The number of nitrogens with zero attached hydrogens (tertiary/aromatic N) is 1. The lowest BCUT2D eigenvalue weighted by atomic mass is 10.0. The molecular weight excluding hydrogens is 336 g/mol. The molecule has 1 fully saturated rings. The summed E-state index contributed by atoms with van der Waals surface area (Å²) in [7, 11) is 1.70. The van der Waals surface area contributed by atoms with Gasteiger partial charge in [-0.15, -0.1) is 0 Å². The number of hydrogen-bond acceptors (Lipinski definition) is 4. The molecule has 1 aliphatic rings. The van der Waals surface area contributed by atoms with Crippen LogP contribution in [0.15, 0.2) is 22.7 Å². The number of benzene rings is 1. The van der Waals surface area contributed by atoms with Gasteiger partial charge in [-0.1, -0.05) is 15.9 Å². The number of rotatable bonds is 4. The summed E-state index contributed by atoms with van der Waals surface area (Å²) in [5.74, 6) is 2.04. The molecule has 5 heteroatoms. The van der Waals surface area contributed by atoms with E-state index in [1.807, 2.05) is 23.9 Å². The highest BCUT2D eigenvalue weighted by Crippen LogP contribution is 2.36. The van der Waals surface area contributed by atoms with Gasteiger partial charge in [0.15, 0.2) is 0 Å². The Morgan fingerprint density at radius 3 is 2.85 bits per heavy atom. The van der Waals surface area contributed by atoms with Crippen LogP contribution in [-0.2, 0) is 0 Å². The molecule has 0 bridgehead atoms. The van der Waals surface area contributed by atoms with Crippen molar-refractivity contribution in [3.05, 3.63) is 28.2 Å². The summed E-state index contributed by atoms with van der Waals surface area (Å²) in [5.41, 5.74) is 7.29. The van der Waals surface area contributed by atoms with Gasteiger partial charge >= 0.3 is 0 Å². The van der Waals surface area contributed by atoms with Crippen LogP contribution in [0.4, 0.5) is 0 Å². The quantitative estimate of drug-likeness (QED) is 0.896. The van der Waals surface area contributed by atoms with E-state index in [0.29, 0.717) is 6.54 Å². The van der Waals surface area contributed by atoms with E-state index in [1.54, 1.807) is 7.11 Å². The van der Waals surface area contributed by atoms with Gasteiger partial charge in [-0.3, -0.25) is 4.90 Å². The molecule has 2 rings (SSSR count). The van der Waals surface area contributed by atoms with Crippen LogP contribution in [0.1, 0.15) is 25.5 Å². The van der Waals surface area contributed by atoms with Gasteiger partial charge in [-0.05, 0) is 37.6 Å². The highest BCUT2D eigenvalue weighted by Gasteiger charge is 2.32. The summed E-state index contributed by atoms with van der Waals surface area (Å²) in [6.45, 7) is 7.37. The van der Waals surface area contributed by atoms with Crippen LogP contribution in [0.2, 0.25) is 0 Å². The summed E-state index contributed by atoms with van der Waals surface area (Å²) < 4.78 is 6.74. The first-order valence-electron chi connectivity index (χ1n) is 6.88. The van der Waals surface area contributed by atoms with Gasteiger partial charge in [-0.2, -0.15) is 11.8 Å². The van der Waals surface area contributed by atoms with Crippen LogP contribution in [0, 0.1) is 0 Å². The number of nitrogens with two attached hydrogens (primary N) is 1. The molecule has 2 N–H and O–H groups in total. The van der Waals surface area contributed by atoms with Crippen molar-refractivity contribution in [2.75, 3.05) is 32.5 Å². The summed E-state index contributed by atoms with van der Waals surface area (Å²) in [6, 6.07) is 6.34. The molecular formula is C15H23BrN2OS. The molecule has 1 aliphatic heterocycles. The second-order valence-electron chi connectivity index (χ2n) is 5.72. The smallest absolute Gasteiger partial charge is 0.119 e.